The van der Waals surface area contributed by atoms with Gasteiger partial charge in [-0.15, -0.1) is 0 Å². The van der Waals surface area contributed by atoms with Gasteiger partial charge in [0.1, 0.15) is 17.5 Å². The van der Waals surface area contributed by atoms with Crippen LogP contribution in [0.3, 0.4) is 0 Å². The lowest BCUT2D eigenvalue weighted by atomic mass is 10.1. The van der Waals surface area contributed by atoms with Gasteiger partial charge in [0.25, 0.3) is 11.8 Å². The smallest absolute Gasteiger partial charge is 0.257 e. The Morgan fingerprint density at radius 3 is 2.00 bits per heavy atom. The molecule has 0 atom stereocenters. The van der Waals surface area contributed by atoms with Crippen LogP contribution in [0, 0.1) is 24.4 Å². The summed E-state index contributed by atoms with van der Waals surface area (Å²) in [6, 6.07) is 6.89. The number of nitrogens with zero attached hydrogens (tertiary/aromatic N) is 2. The summed E-state index contributed by atoms with van der Waals surface area (Å²) in [5.41, 5.74) is 0.435. The zero-order chi connectivity index (χ0) is 18.8. The second kappa shape index (κ2) is 7.19. The van der Waals surface area contributed by atoms with Crippen molar-refractivity contribution in [1.29, 1.82) is 0 Å². The van der Waals surface area contributed by atoms with Crippen LogP contribution < -0.4 is 0 Å². The average molecular weight is 362 g/mol. The number of amides is 2. The molecular formula is C19H17F3N2O2. The van der Waals surface area contributed by atoms with Gasteiger partial charge < -0.3 is 9.80 Å². The summed E-state index contributed by atoms with van der Waals surface area (Å²) in [4.78, 5) is 27.8. The summed E-state index contributed by atoms with van der Waals surface area (Å²) in [5.74, 6) is -2.70. The predicted octanol–water partition coefficient (Wildman–Crippen LogP) is 3.01. The van der Waals surface area contributed by atoms with Crippen LogP contribution in [0.1, 0.15) is 26.3 Å². The molecule has 7 heteroatoms. The highest BCUT2D eigenvalue weighted by Crippen LogP contribution is 2.16. The molecule has 2 aromatic carbocycles. The quantitative estimate of drug-likeness (QED) is 0.824. The van der Waals surface area contributed by atoms with Gasteiger partial charge in [-0.05, 0) is 48.9 Å². The number of rotatable bonds is 2. The average Bonchev–Trinajstić information content (AvgIpc) is 2.65. The van der Waals surface area contributed by atoms with E-state index in [9.17, 15) is 22.8 Å². The number of hydrogen-bond acceptors (Lipinski definition) is 2. The summed E-state index contributed by atoms with van der Waals surface area (Å²) in [5, 5.41) is 0. The Bertz CT molecular complexity index is 862. The van der Waals surface area contributed by atoms with Crippen molar-refractivity contribution in [3.8, 4) is 0 Å². The van der Waals surface area contributed by atoms with Crippen molar-refractivity contribution in [2.45, 2.75) is 6.92 Å². The number of carbonyl (C=O) groups excluding carboxylic acids is 2. The fourth-order valence-corrected chi connectivity index (χ4v) is 2.90. The minimum atomic E-state index is -0.781. The number of aryl methyl sites for hydroxylation is 1. The first-order valence-corrected chi connectivity index (χ1v) is 8.16. The van der Waals surface area contributed by atoms with E-state index in [0.29, 0.717) is 11.1 Å². The number of halogens is 3. The second-order valence-electron chi connectivity index (χ2n) is 6.17. The molecule has 0 unspecified atom stereocenters. The van der Waals surface area contributed by atoms with E-state index < -0.39 is 17.5 Å². The van der Waals surface area contributed by atoms with Crippen molar-refractivity contribution < 1.29 is 22.8 Å². The normalized spacial score (nSPS) is 14.5. The maximum atomic E-state index is 13.8. The molecular weight excluding hydrogens is 345 g/mol. The van der Waals surface area contributed by atoms with E-state index in [1.165, 1.54) is 23.1 Å². The molecule has 136 valence electrons. The highest BCUT2D eigenvalue weighted by Gasteiger charge is 2.27. The molecule has 1 aliphatic rings. The first kappa shape index (κ1) is 18.0. The Morgan fingerprint density at radius 2 is 1.38 bits per heavy atom. The Hall–Kier alpha value is -2.83. The lowest BCUT2D eigenvalue weighted by molar-refractivity contribution is 0.0532. The highest BCUT2D eigenvalue weighted by atomic mass is 19.1. The predicted molar refractivity (Wildman–Crippen MR) is 89.3 cm³/mol. The second-order valence-corrected chi connectivity index (χ2v) is 6.17. The third-order valence-electron chi connectivity index (χ3n) is 4.42. The molecule has 26 heavy (non-hydrogen) atoms. The molecule has 0 spiro atoms. The third-order valence-corrected chi connectivity index (χ3v) is 4.42. The van der Waals surface area contributed by atoms with Gasteiger partial charge in [0, 0.05) is 31.7 Å². The summed E-state index contributed by atoms with van der Waals surface area (Å²) in [7, 11) is 0. The number of benzene rings is 2. The zero-order valence-corrected chi connectivity index (χ0v) is 14.1. The van der Waals surface area contributed by atoms with Crippen LogP contribution in [-0.4, -0.2) is 47.8 Å². The Balaban J connectivity index is 1.67. The molecule has 0 bridgehead atoms. The van der Waals surface area contributed by atoms with Crippen molar-refractivity contribution in [3.05, 3.63) is 70.5 Å². The van der Waals surface area contributed by atoms with E-state index in [1.54, 1.807) is 11.8 Å². The van der Waals surface area contributed by atoms with Crippen LogP contribution in [0.5, 0.6) is 0 Å². The summed E-state index contributed by atoms with van der Waals surface area (Å²) in [6.07, 6.45) is 0. The van der Waals surface area contributed by atoms with Crippen LogP contribution in [0.15, 0.2) is 36.4 Å². The lowest BCUT2D eigenvalue weighted by Crippen LogP contribution is -2.50. The Kier molecular flexibility index (Phi) is 4.97. The monoisotopic (exact) mass is 362 g/mol. The van der Waals surface area contributed by atoms with Crippen molar-refractivity contribution >= 4 is 11.8 Å². The van der Waals surface area contributed by atoms with E-state index in [4.69, 9.17) is 0 Å². The fourth-order valence-electron chi connectivity index (χ4n) is 2.90. The van der Waals surface area contributed by atoms with Crippen molar-refractivity contribution in [2.75, 3.05) is 26.2 Å². The maximum absolute atomic E-state index is 13.8. The van der Waals surface area contributed by atoms with Crippen LogP contribution in [0.2, 0.25) is 0 Å². The van der Waals surface area contributed by atoms with E-state index in [1.807, 2.05) is 0 Å². The molecule has 0 N–H and O–H groups in total. The minimum absolute atomic E-state index is 0.209. The van der Waals surface area contributed by atoms with E-state index in [-0.39, 0.29) is 43.5 Å². The molecule has 1 fully saturated rings. The van der Waals surface area contributed by atoms with Gasteiger partial charge >= 0.3 is 0 Å². The molecule has 0 radical (unpaired) electrons. The lowest BCUT2D eigenvalue weighted by Gasteiger charge is -2.35. The Labute approximate surface area is 148 Å². The molecule has 0 aliphatic carbocycles. The van der Waals surface area contributed by atoms with Crippen molar-refractivity contribution in [3.63, 3.8) is 0 Å². The van der Waals surface area contributed by atoms with Crippen LogP contribution in [0.25, 0.3) is 0 Å². The molecule has 1 aliphatic heterocycles. The van der Waals surface area contributed by atoms with Crippen LogP contribution in [0.4, 0.5) is 13.2 Å². The van der Waals surface area contributed by atoms with Gasteiger partial charge in [0.15, 0.2) is 0 Å². The van der Waals surface area contributed by atoms with E-state index >= 15 is 0 Å². The highest BCUT2D eigenvalue weighted by molar-refractivity contribution is 5.96. The first-order chi connectivity index (χ1) is 12.4. The standard InChI is InChI=1S/C19H17F3N2O2/c1-12-10-13(2-4-16(12)21)18(25)23-6-8-24(9-7-23)19(26)15-11-14(20)3-5-17(15)22/h2-5,10-11H,6-9H2,1H3. The molecule has 1 heterocycles. The van der Waals surface area contributed by atoms with Gasteiger partial charge in [0.2, 0.25) is 0 Å². The molecule has 3 rings (SSSR count). The number of piperazine rings is 1. The fraction of sp³-hybridized carbons (Fsp3) is 0.263. The van der Waals surface area contributed by atoms with Gasteiger partial charge in [-0.25, -0.2) is 13.2 Å². The first-order valence-electron chi connectivity index (χ1n) is 8.16. The number of hydrogen-bond donors (Lipinski definition) is 0. The third kappa shape index (κ3) is 3.56. The van der Waals surface area contributed by atoms with E-state index in [2.05, 4.69) is 0 Å². The Morgan fingerprint density at radius 1 is 0.808 bits per heavy atom. The molecule has 1 saturated heterocycles. The van der Waals surface area contributed by atoms with Gasteiger partial charge in [0.05, 0.1) is 5.56 Å². The summed E-state index contributed by atoms with van der Waals surface area (Å²) >= 11 is 0. The minimum Gasteiger partial charge on any atom is -0.335 e. The van der Waals surface area contributed by atoms with Crippen LogP contribution in [-0.2, 0) is 0 Å². The van der Waals surface area contributed by atoms with Crippen molar-refractivity contribution in [2.24, 2.45) is 0 Å². The maximum Gasteiger partial charge on any atom is 0.257 e. The molecule has 4 nitrogen and oxygen atoms in total. The van der Waals surface area contributed by atoms with E-state index in [0.717, 1.165) is 18.2 Å². The SMILES string of the molecule is Cc1cc(C(=O)N2CCN(C(=O)c3cc(F)ccc3F)CC2)ccc1F. The van der Waals surface area contributed by atoms with Crippen molar-refractivity contribution in [1.82, 2.24) is 9.80 Å². The number of carbonyl (C=O) groups is 2. The van der Waals surface area contributed by atoms with Gasteiger partial charge in [-0.1, -0.05) is 0 Å². The topological polar surface area (TPSA) is 40.6 Å². The largest absolute Gasteiger partial charge is 0.335 e. The summed E-state index contributed by atoms with van der Waals surface area (Å²) < 4.78 is 40.4. The molecule has 2 amide bonds. The zero-order valence-electron chi connectivity index (χ0n) is 14.1. The van der Waals surface area contributed by atoms with Gasteiger partial charge in [-0.2, -0.15) is 0 Å². The molecule has 0 saturated carbocycles. The van der Waals surface area contributed by atoms with Gasteiger partial charge in [-0.3, -0.25) is 9.59 Å². The molecule has 0 aromatic heterocycles. The van der Waals surface area contributed by atoms with Crippen LogP contribution >= 0.6 is 0 Å². The molecule has 2 aromatic rings. The summed E-state index contributed by atoms with van der Waals surface area (Å²) in [6.45, 7) is 2.52.